The molecule has 0 spiro atoms. The van der Waals surface area contributed by atoms with E-state index in [9.17, 15) is 0 Å². The third-order valence-corrected chi connectivity index (χ3v) is 4.95. The lowest BCUT2D eigenvalue weighted by Gasteiger charge is -2.27. The van der Waals surface area contributed by atoms with Gasteiger partial charge in [0.15, 0.2) is 0 Å². The molecular weight excluding hydrogens is 280 g/mol. The van der Waals surface area contributed by atoms with E-state index in [1.807, 2.05) is 0 Å². The van der Waals surface area contributed by atoms with Crippen LogP contribution in [-0.2, 0) is 6.42 Å². The van der Waals surface area contributed by atoms with Crippen LogP contribution in [0.25, 0.3) is 0 Å². The van der Waals surface area contributed by atoms with E-state index in [1.165, 1.54) is 49.7 Å². The molecule has 1 aliphatic rings. The third kappa shape index (κ3) is 5.41. The summed E-state index contributed by atoms with van der Waals surface area (Å²) in [5, 5.41) is 0. The molecule has 0 amide bonds. The third-order valence-electron chi connectivity index (χ3n) is 4.95. The van der Waals surface area contributed by atoms with Crippen LogP contribution in [0.15, 0.2) is 30.4 Å². The van der Waals surface area contributed by atoms with Gasteiger partial charge in [0.05, 0.1) is 6.61 Å². The summed E-state index contributed by atoms with van der Waals surface area (Å²) in [6, 6.07) is 6.97. The van der Waals surface area contributed by atoms with Crippen LogP contribution in [0.1, 0.15) is 82.8 Å². The van der Waals surface area contributed by atoms with Gasteiger partial charge in [-0.15, -0.1) is 0 Å². The van der Waals surface area contributed by atoms with Gasteiger partial charge in [0.1, 0.15) is 5.75 Å². The standard InChI is InChI=1S/C22H34O/c1-4-7-9-18-10-12-19(13-11-18)20-14-15-22(23-16-6-3)21(17-20)8-5-2/h7,9,14-15,17-19H,4-6,8,10-13,16H2,1-3H3/b9-7+. The summed E-state index contributed by atoms with van der Waals surface area (Å²) in [6.07, 6.45) is 14.7. The van der Waals surface area contributed by atoms with Gasteiger partial charge < -0.3 is 4.74 Å². The molecule has 1 heteroatoms. The molecule has 0 aliphatic heterocycles. The lowest BCUT2D eigenvalue weighted by atomic mass is 9.78. The first-order valence-corrected chi connectivity index (χ1v) is 9.70. The summed E-state index contributed by atoms with van der Waals surface area (Å²) >= 11 is 0. The fourth-order valence-corrected chi connectivity index (χ4v) is 3.64. The number of rotatable bonds is 8. The Hall–Kier alpha value is -1.24. The molecule has 0 aromatic heterocycles. The van der Waals surface area contributed by atoms with Gasteiger partial charge in [0.25, 0.3) is 0 Å². The number of hydrogen-bond donors (Lipinski definition) is 0. The predicted octanol–water partition coefficient (Wildman–Crippen LogP) is 6.67. The molecule has 1 nitrogen and oxygen atoms in total. The van der Waals surface area contributed by atoms with Crippen LogP contribution in [0.3, 0.4) is 0 Å². The first-order valence-electron chi connectivity index (χ1n) is 9.70. The molecule has 0 bridgehead atoms. The highest BCUT2D eigenvalue weighted by Gasteiger charge is 2.21. The van der Waals surface area contributed by atoms with E-state index in [1.54, 1.807) is 0 Å². The molecule has 0 saturated heterocycles. The fraction of sp³-hybridized carbons (Fsp3) is 0.636. The van der Waals surface area contributed by atoms with Gasteiger partial charge in [0.2, 0.25) is 0 Å². The van der Waals surface area contributed by atoms with E-state index in [0.717, 1.165) is 37.0 Å². The second-order valence-electron chi connectivity index (χ2n) is 6.91. The van der Waals surface area contributed by atoms with Crippen LogP contribution in [0.5, 0.6) is 5.75 Å². The van der Waals surface area contributed by atoms with Gasteiger partial charge in [-0.3, -0.25) is 0 Å². The summed E-state index contributed by atoms with van der Waals surface area (Å²) in [5.41, 5.74) is 2.95. The largest absolute Gasteiger partial charge is 0.493 e. The Bertz CT molecular complexity index is 481. The molecule has 1 aromatic carbocycles. The predicted molar refractivity (Wildman–Crippen MR) is 100 cm³/mol. The van der Waals surface area contributed by atoms with Crippen molar-refractivity contribution < 1.29 is 4.74 Å². The minimum atomic E-state index is 0.747. The van der Waals surface area contributed by atoms with Crippen molar-refractivity contribution >= 4 is 0 Å². The highest BCUT2D eigenvalue weighted by atomic mass is 16.5. The first-order chi connectivity index (χ1) is 11.3. The van der Waals surface area contributed by atoms with Crippen molar-refractivity contribution in [2.45, 2.75) is 78.1 Å². The van der Waals surface area contributed by atoms with Crippen molar-refractivity contribution in [2.24, 2.45) is 5.92 Å². The molecule has 23 heavy (non-hydrogen) atoms. The lowest BCUT2D eigenvalue weighted by Crippen LogP contribution is -2.12. The molecule has 0 radical (unpaired) electrons. The molecular formula is C22H34O. The lowest BCUT2D eigenvalue weighted by molar-refractivity contribution is 0.313. The Morgan fingerprint density at radius 1 is 1.04 bits per heavy atom. The van der Waals surface area contributed by atoms with E-state index in [4.69, 9.17) is 4.74 Å². The van der Waals surface area contributed by atoms with Crippen LogP contribution < -0.4 is 4.74 Å². The van der Waals surface area contributed by atoms with E-state index in [0.29, 0.717) is 0 Å². The Balaban J connectivity index is 2.02. The summed E-state index contributed by atoms with van der Waals surface area (Å²) in [7, 11) is 0. The Morgan fingerprint density at radius 2 is 1.83 bits per heavy atom. The monoisotopic (exact) mass is 314 g/mol. The van der Waals surface area contributed by atoms with E-state index in [-0.39, 0.29) is 0 Å². The molecule has 128 valence electrons. The summed E-state index contributed by atoms with van der Waals surface area (Å²) in [5.74, 6) is 2.67. The van der Waals surface area contributed by atoms with Gasteiger partial charge in [-0.25, -0.2) is 0 Å². The zero-order valence-corrected chi connectivity index (χ0v) is 15.3. The molecule has 1 aromatic rings. The van der Waals surface area contributed by atoms with Crippen LogP contribution in [0.2, 0.25) is 0 Å². The SMILES string of the molecule is CC/C=C/C1CCC(c2ccc(OCCC)c(CCC)c2)CC1. The maximum atomic E-state index is 5.93. The van der Waals surface area contributed by atoms with Crippen molar-refractivity contribution in [1.82, 2.24) is 0 Å². The second-order valence-corrected chi connectivity index (χ2v) is 6.91. The number of aryl methyl sites for hydroxylation is 1. The van der Waals surface area contributed by atoms with Gasteiger partial charge >= 0.3 is 0 Å². The number of ether oxygens (including phenoxy) is 1. The molecule has 1 aliphatic carbocycles. The van der Waals surface area contributed by atoms with Gasteiger partial charge in [-0.2, -0.15) is 0 Å². The molecule has 1 saturated carbocycles. The number of benzene rings is 1. The smallest absolute Gasteiger partial charge is 0.122 e. The van der Waals surface area contributed by atoms with Gasteiger partial charge in [-0.05, 0) is 74.0 Å². The average Bonchev–Trinajstić information content (AvgIpc) is 2.59. The fourth-order valence-electron chi connectivity index (χ4n) is 3.64. The Labute approximate surface area is 143 Å². The van der Waals surface area contributed by atoms with Gasteiger partial charge in [-0.1, -0.05) is 51.5 Å². The molecule has 1 fully saturated rings. The van der Waals surface area contributed by atoms with Crippen LogP contribution >= 0.6 is 0 Å². The summed E-state index contributed by atoms with van der Waals surface area (Å²) < 4.78 is 5.93. The first kappa shape index (κ1) is 18.1. The minimum absolute atomic E-state index is 0.747. The van der Waals surface area contributed by atoms with E-state index in [2.05, 4.69) is 51.1 Å². The molecule has 0 atom stereocenters. The minimum Gasteiger partial charge on any atom is -0.493 e. The zero-order chi connectivity index (χ0) is 16.5. The zero-order valence-electron chi connectivity index (χ0n) is 15.3. The van der Waals surface area contributed by atoms with Crippen molar-refractivity contribution in [2.75, 3.05) is 6.61 Å². The molecule has 2 rings (SSSR count). The molecule has 0 unspecified atom stereocenters. The highest BCUT2D eigenvalue weighted by Crippen LogP contribution is 2.38. The number of allylic oxidation sites excluding steroid dienone is 2. The quantitative estimate of drug-likeness (QED) is 0.487. The van der Waals surface area contributed by atoms with E-state index >= 15 is 0 Å². The highest BCUT2D eigenvalue weighted by molar-refractivity contribution is 5.39. The topological polar surface area (TPSA) is 9.23 Å². The van der Waals surface area contributed by atoms with Crippen LogP contribution in [-0.4, -0.2) is 6.61 Å². The Morgan fingerprint density at radius 3 is 2.48 bits per heavy atom. The van der Waals surface area contributed by atoms with E-state index < -0.39 is 0 Å². The van der Waals surface area contributed by atoms with Crippen molar-refractivity contribution in [1.29, 1.82) is 0 Å². The van der Waals surface area contributed by atoms with Crippen LogP contribution in [0, 0.1) is 5.92 Å². The van der Waals surface area contributed by atoms with Gasteiger partial charge in [0, 0.05) is 0 Å². The molecule has 0 heterocycles. The maximum Gasteiger partial charge on any atom is 0.122 e. The van der Waals surface area contributed by atoms with Crippen LogP contribution in [0.4, 0.5) is 0 Å². The Kier molecular flexibility index (Phi) is 7.71. The molecule has 0 N–H and O–H groups in total. The summed E-state index contributed by atoms with van der Waals surface area (Å²) in [6.45, 7) is 7.46. The van der Waals surface area contributed by atoms with Crippen molar-refractivity contribution in [3.05, 3.63) is 41.5 Å². The normalized spacial score (nSPS) is 21.7. The number of hydrogen-bond acceptors (Lipinski definition) is 1. The van der Waals surface area contributed by atoms with Crippen molar-refractivity contribution in [3.8, 4) is 5.75 Å². The average molecular weight is 315 g/mol. The maximum absolute atomic E-state index is 5.93. The summed E-state index contributed by atoms with van der Waals surface area (Å²) in [4.78, 5) is 0. The van der Waals surface area contributed by atoms with Crippen molar-refractivity contribution in [3.63, 3.8) is 0 Å². The second kappa shape index (κ2) is 9.80.